The molecule has 1 rings (SSSR count). The summed E-state index contributed by atoms with van der Waals surface area (Å²) < 4.78 is 5.24. The van der Waals surface area contributed by atoms with Gasteiger partial charge in [-0.3, -0.25) is 0 Å². The van der Waals surface area contributed by atoms with Crippen molar-refractivity contribution in [2.24, 2.45) is 0 Å². The fourth-order valence-electron chi connectivity index (χ4n) is 0.762. The van der Waals surface area contributed by atoms with Crippen molar-refractivity contribution in [3.05, 3.63) is 36.0 Å². The molecule has 1 aromatic rings. The van der Waals surface area contributed by atoms with E-state index in [2.05, 4.69) is 4.98 Å². The summed E-state index contributed by atoms with van der Waals surface area (Å²) >= 11 is 0. The van der Waals surface area contributed by atoms with Crippen LogP contribution in [0.5, 0.6) is 5.88 Å². The van der Waals surface area contributed by atoms with Crippen LogP contribution >= 0.6 is 0 Å². The van der Waals surface area contributed by atoms with E-state index in [-0.39, 0.29) is 0 Å². The molecule has 0 N–H and O–H groups in total. The summed E-state index contributed by atoms with van der Waals surface area (Å²) in [7, 11) is 0. The highest BCUT2D eigenvalue weighted by molar-refractivity contribution is 5.28. The van der Waals surface area contributed by atoms with Gasteiger partial charge in [0.15, 0.2) is 0 Å². The Morgan fingerprint density at radius 1 is 1.62 bits per heavy atom. The number of aromatic nitrogens is 1. The van der Waals surface area contributed by atoms with Gasteiger partial charge in [-0.2, -0.15) is 5.26 Å². The molecule has 3 nitrogen and oxygen atoms in total. The molecule has 0 spiro atoms. The number of hydrogen-bond acceptors (Lipinski definition) is 3. The molecule has 0 aromatic carbocycles. The maximum atomic E-state index is 8.50. The van der Waals surface area contributed by atoms with E-state index in [4.69, 9.17) is 10.00 Å². The van der Waals surface area contributed by atoms with Gasteiger partial charge < -0.3 is 4.74 Å². The zero-order valence-corrected chi connectivity index (χ0v) is 7.40. The van der Waals surface area contributed by atoms with Crippen molar-refractivity contribution in [1.82, 2.24) is 4.98 Å². The summed E-state index contributed by atoms with van der Waals surface area (Å²) in [5.74, 6) is 0.539. The molecule has 0 amide bonds. The van der Waals surface area contributed by atoms with Crippen LogP contribution < -0.4 is 4.74 Å². The number of ether oxygens (including phenoxy) is 1. The van der Waals surface area contributed by atoms with Gasteiger partial charge in [0.25, 0.3) is 0 Å². The molecule has 0 unspecified atom stereocenters. The van der Waals surface area contributed by atoms with Crippen molar-refractivity contribution in [1.29, 1.82) is 5.26 Å². The molecule has 0 radical (unpaired) electrons. The zero-order valence-electron chi connectivity index (χ0n) is 7.40. The first-order valence-corrected chi connectivity index (χ1v) is 3.97. The first-order valence-electron chi connectivity index (χ1n) is 3.97. The summed E-state index contributed by atoms with van der Waals surface area (Å²) in [5.41, 5.74) is 0.540. The van der Waals surface area contributed by atoms with Crippen molar-refractivity contribution in [2.45, 2.75) is 6.92 Å². The lowest BCUT2D eigenvalue weighted by atomic mass is 10.3. The molecular formula is C10H10N2O. The Kier molecular flexibility index (Phi) is 3.52. The third kappa shape index (κ3) is 2.96. The highest BCUT2D eigenvalue weighted by Gasteiger charge is 1.93. The Morgan fingerprint density at radius 2 is 2.46 bits per heavy atom. The van der Waals surface area contributed by atoms with E-state index >= 15 is 0 Å². The maximum Gasteiger partial charge on any atom is 0.213 e. The third-order valence-electron chi connectivity index (χ3n) is 1.43. The molecule has 0 bridgehead atoms. The number of pyridine rings is 1. The fourth-order valence-corrected chi connectivity index (χ4v) is 0.762. The third-order valence-corrected chi connectivity index (χ3v) is 1.43. The SMILES string of the molecule is CC=CCOc1ccc(C#N)cn1. The molecule has 0 saturated carbocycles. The summed E-state index contributed by atoms with van der Waals surface area (Å²) in [6.07, 6.45) is 5.29. The highest BCUT2D eigenvalue weighted by atomic mass is 16.5. The lowest BCUT2D eigenvalue weighted by Gasteiger charge is -2.00. The summed E-state index contributed by atoms with van der Waals surface area (Å²) in [4.78, 5) is 3.94. The molecule has 0 saturated heterocycles. The quantitative estimate of drug-likeness (QED) is 0.657. The van der Waals surface area contributed by atoms with Gasteiger partial charge in [-0.25, -0.2) is 4.98 Å². The summed E-state index contributed by atoms with van der Waals surface area (Å²) in [6.45, 7) is 2.44. The molecule has 13 heavy (non-hydrogen) atoms. The molecule has 0 fully saturated rings. The van der Waals surface area contributed by atoms with Crippen LogP contribution in [0.3, 0.4) is 0 Å². The molecule has 0 aliphatic heterocycles. The van der Waals surface area contributed by atoms with Gasteiger partial charge in [-0.15, -0.1) is 0 Å². The first-order chi connectivity index (χ1) is 6.36. The lowest BCUT2D eigenvalue weighted by molar-refractivity contribution is 0.348. The molecule has 1 aromatic heterocycles. The predicted molar refractivity (Wildman–Crippen MR) is 49.3 cm³/mol. The van der Waals surface area contributed by atoms with Gasteiger partial charge in [0.2, 0.25) is 5.88 Å². The average Bonchev–Trinajstić information content (AvgIpc) is 2.19. The first kappa shape index (κ1) is 9.27. The van der Waals surface area contributed by atoms with Crippen LogP contribution in [-0.4, -0.2) is 11.6 Å². The normalized spacial score (nSPS) is 9.85. The van der Waals surface area contributed by atoms with Crippen LogP contribution in [0, 0.1) is 11.3 Å². The van der Waals surface area contributed by atoms with E-state index in [0.717, 1.165) is 0 Å². The van der Waals surface area contributed by atoms with Crippen LogP contribution in [0.15, 0.2) is 30.5 Å². The van der Waals surface area contributed by atoms with Gasteiger partial charge in [-0.05, 0) is 13.0 Å². The molecular weight excluding hydrogens is 164 g/mol. The van der Waals surface area contributed by atoms with Gasteiger partial charge >= 0.3 is 0 Å². The predicted octanol–water partition coefficient (Wildman–Crippen LogP) is 1.91. The Bertz CT molecular complexity index is 322. The minimum Gasteiger partial charge on any atom is -0.473 e. The Hall–Kier alpha value is -1.82. The number of nitriles is 1. The van der Waals surface area contributed by atoms with Crippen molar-refractivity contribution < 1.29 is 4.74 Å². The fraction of sp³-hybridized carbons (Fsp3) is 0.200. The maximum absolute atomic E-state index is 8.50. The van der Waals surface area contributed by atoms with Gasteiger partial charge in [0, 0.05) is 12.3 Å². The van der Waals surface area contributed by atoms with Gasteiger partial charge in [0.1, 0.15) is 12.7 Å². The minimum absolute atomic E-state index is 0.509. The van der Waals surface area contributed by atoms with E-state index in [1.165, 1.54) is 6.20 Å². The Balaban J connectivity index is 2.55. The average molecular weight is 174 g/mol. The molecule has 66 valence electrons. The minimum atomic E-state index is 0.509. The lowest BCUT2D eigenvalue weighted by Crippen LogP contribution is -1.95. The van der Waals surface area contributed by atoms with Crippen molar-refractivity contribution in [3.63, 3.8) is 0 Å². The van der Waals surface area contributed by atoms with E-state index in [9.17, 15) is 0 Å². The summed E-state index contributed by atoms with van der Waals surface area (Å²) in [6, 6.07) is 5.35. The second-order valence-electron chi connectivity index (χ2n) is 2.38. The Morgan fingerprint density at radius 3 is 3.00 bits per heavy atom. The smallest absolute Gasteiger partial charge is 0.213 e. The number of nitrogens with zero attached hydrogens (tertiary/aromatic N) is 2. The Labute approximate surface area is 77.3 Å². The molecule has 0 aliphatic carbocycles. The number of hydrogen-bond donors (Lipinski definition) is 0. The second-order valence-corrected chi connectivity index (χ2v) is 2.38. The van der Waals surface area contributed by atoms with Crippen LogP contribution in [0.25, 0.3) is 0 Å². The van der Waals surface area contributed by atoms with Crippen molar-refractivity contribution in [2.75, 3.05) is 6.61 Å². The largest absolute Gasteiger partial charge is 0.473 e. The molecule has 1 heterocycles. The monoisotopic (exact) mass is 174 g/mol. The van der Waals surface area contributed by atoms with E-state index in [1.807, 2.05) is 25.1 Å². The molecule has 3 heteroatoms. The van der Waals surface area contributed by atoms with Crippen LogP contribution in [0.1, 0.15) is 12.5 Å². The zero-order chi connectivity index (χ0) is 9.52. The van der Waals surface area contributed by atoms with Gasteiger partial charge in [0.05, 0.1) is 5.56 Å². The molecule has 0 aliphatic rings. The topological polar surface area (TPSA) is 45.9 Å². The number of rotatable bonds is 3. The summed E-state index contributed by atoms with van der Waals surface area (Å²) in [5, 5.41) is 8.50. The van der Waals surface area contributed by atoms with Crippen LogP contribution in [-0.2, 0) is 0 Å². The van der Waals surface area contributed by atoms with E-state index < -0.39 is 0 Å². The molecule has 0 atom stereocenters. The number of allylic oxidation sites excluding steroid dienone is 1. The van der Waals surface area contributed by atoms with Crippen molar-refractivity contribution in [3.8, 4) is 11.9 Å². The standard InChI is InChI=1S/C10H10N2O/c1-2-3-6-13-10-5-4-9(7-11)8-12-10/h2-5,8H,6H2,1H3. The van der Waals surface area contributed by atoms with Crippen LogP contribution in [0.4, 0.5) is 0 Å². The van der Waals surface area contributed by atoms with Gasteiger partial charge in [-0.1, -0.05) is 12.2 Å². The second kappa shape index (κ2) is 4.94. The van der Waals surface area contributed by atoms with E-state index in [0.29, 0.717) is 18.1 Å². The van der Waals surface area contributed by atoms with Crippen molar-refractivity contribution >= 4 is 0 Å². The van der Waals surface area contributed by atoms with E-state index in [1.54, 1.807) is 12.1 Å². The highest BCUT2D eigenvalue weighted by Crippen LogP contribution is 2.06. The van der Waals surface area contributed by atoms with Crippen LogP contribution in [0.2, 0.25) is 0 Å².